The van der Waals surface area contributed by atoms with Crippen molar-refractivity contribution in [3.05, 3.63) is 66.0 Å². The number of guanidine groups is 1. The molecule has 3 atom stereocenters. The van der Waals surface area contributed by atoms with Crippen LogP contribution in [-0.2, 0) is 14.6 Å². The quantitative estimate of drug-likeness (QED) is 0.320. The molecule has 1 fully saturated rings. The first-order valence-electron chi connectivity index (χ1n) is 10.5. The molecule has 0 amide bonds. The number of halogens is 2. The van der Waals surface area contributed by atoms with Crippen molar-refractivity contribution in [3.8, 4) is 0 Å². The SMILES string of the molecule is CCC(CS(=O)(=O)c1ccccc1)NC(=NC)N1CC(C)OC(c2ccc(F)cc2)C1.I. The molecule has 0 bridgehead atoms. The monoisotopic (exact) mass is 575 g/mol. The number of nitrogens with one attached hydrogen (secondary N) is 1. The molecule has 2 aromatic carbocycles. The van der Waals surface area contributed by atoms with E-state index in [0.29, 0.717) is 30.4 Å². The Morgan fingerprint density at radius 3 is 2.44 bits per heavy atom. The molecule has 1 heterocycles. The highest BCUT2D eigenvalue weighted by Gasteiger charge is 2.30. The predicted octanol–water partition coefficient (Wildman–Crippen LogP) is 4.03. The molecule has 0 spiro atoms. The Hall–Kier alpha value is -1.72. The first kappa shape index (κ1) is 26.5. The van der Waals surface area contributed by atoms with Crippen LogP contribution in [0.15, 0.2) is 64.5 Å². The Kier molecular flexibility index (Phi) is 9.90. The highest BCUT2D eigenvalue weighted by atomic mass is 127. The maximum Gasteiger partial charge on any atom is 0.194 e. The van der Waals surface area contributed by atoms with Crippen LogP contribution >= 0.6 is 24.0 Å². The van der Waals surface area contributed by atoms with E-state index in [1.807, 2.05) is 13.8 Å². The molecule has 1 aliphatic heterocycles. The zero-order chi connectivity index (χ0) is 22.4. The number of morpholine rings is 1. The Balaban J connectivity index is 0.00000363. The number of hydrogen-bond acceptors (Lipinski definition) is 4. The molecule has 1 aliphatic rings. The lowest BCUT2D eigenvalue weighted by molar-refractivity contribution is -0.0606. The van der Waals surface area contributed by atoms with Crippen LogP contribution in [0.25, 0.3) is 0 Å². The van der Waals surface area contributed by atoms with Gasteiger partial charge >= 0.3 is 0 Å². The van der Waals surface area contributed by atoms with E-state index in [1.165, 1.54) is 12.1 Å². The number of nitrogens with zero attached hydrogens (tertiary/aromatic N) is 2. The second kappa shape index (κ2) is 11.9. The molecule has 3 unspecified atom stereocenters. The number of hydrogen-bond donors (Lipinski definition) is 1. The summed E-state index contributed by atoms with van der Waals surface area (Å²) in [6.45, 7) is 5.10. The van der Waals surface area contributed by atoms with Crippen molar-refractivity contribution in [2.75, 3.05) is 25.9 Å². The molecule has 0 radical (unpaired) electrons. The molecule has 176 valence electrons. The Bertz CT molecular complexity index is 987. The zero-order valence-electron chi connectivity index (χ0n) is 18.6. The molecule has 0 aliphatic carbocycles. The van der Waals surface area contributed by atoms with Crippen LogP contribution in [-0.4, -0.2) is 57.3 Å². The van der Waals surface area contributed by atoms with E-state index in [9.17, 15) is 12.8 Å². The number of ether oxygens (including phenoxy) is 1. The highest BCUT2D eigenvalue weighted by Crippen LogP contribution is 2.25. The van der Waals surface area contributed by atoms with Gasteiger partial charge in [0, 0.05) is 19.6 Å². The summed E-state index contributed by atoms with van der Waals surface area (Å²) in [4.78, 5) is 6.79. The lowest BCUT2D eigenvalue weighted by Gasteiger charge is -2.39. The fourth-order valence-corrected chi connectivity index (χ4v) is 5.33. The van der Waals surface area contributed by atoms with Gasteiger partial charge in [0.1, 0.15) is 11.9 Å². The highest BCUT2D eigenvalue weighted by molar-refractivity contribution is 14.0. The predicted molar refractivity (Wildman–Crippen MR) is 136 cm³/mol. The van der Waals surface area contributed by atoms with Crippen LogP contribution in [0.1, 0.15) is 31.9 Å². The Morgan fingerprint density at radius 1 is 1.19 bits per heavy atom. The normalized spacial score (nSPS) is 20.4. The van der Waals surface area contributed by atoms with Gasteiger partial charge in [0.25, 0.3) is 0 Å². The van der Waals surface area contributed by atoms with Gasteiger partial charge in [0.2, 0.25) is 0 Å². The van der Waals surface area contributed by atoms with Crippen molar-refractivity contribution in [2.24, 2.45) is 4.99 Å². The first-order chi connectivity index (χ1) is 14.8. The fraction of sp³-hybridized carbons (Fsp3) is 0.435. The third-order valence-electron chi connectivity index (χ3n) is 5.36. The average molecular weight is 575 g/mol. The van der Waals surface area contributed by atoms with Crippen LogP contribution in [0.4, 0.5) is 4.39 Å². The third kappa shape index (κ3) is 6.89. The largest absolute Gasteiger partial charge is 0.367 e. The van der Waals surface area contributed by atoms with E-state index in [2.05, 4.69) is 15.2 Å². The van der Waals surface area contributed by atoms with Crippen LogP contribution < -0.4 is 5.32 Å². The lowest BCUT2D eigenvalue weighted by Crippen LogP contribution is -2.53. The van der Waals surface area contributed by atoms with Crippen LogP contribution in [0.5, 0.6) is 0 Å². The Labute approximate surface area is 207 Å². The second-order valence-electron chi connectivity index (χ2n) is 7.78. The summed E-state index contributed by atoms with van der Waals surface area (Å²) in [6.07, 6.45) is 0.346. The molecular formula is C23H31FIN3O3S. The topological polar surface area (TPSA) is 71.0 Å². The van der Waals surface area contributed by atoms with Gasteiger partial charge in [-0.25, -0.2) is 12.8 Å². The second-order valence-corrected chi connectivity index (χ2v) is 9.82. The fourth-order valence-electron chi connectivity index (χ4n) is 3.72. The van der Waals surface area contributed by atoms with Crippen molar-refractivity contribution >= 4 is 39.8 Å². The summed E-state index contributed by atoms with van der Waals surface area (Å²) in [5, 5.41) is 3.33. The summed E-state index contributed by atoms with van der Waals surface area (Å²) in [6, 6.07) is 14.5. The molecule has 1 N–H and O–H groups in total. The van der Waals surface area contributed by atoms with E-state index < -0.39 is 9.84 Å². The van der Waals surface area contributed by atoms with Crippen LogP contribution in [0.2, 0.25) is 0 Å². The molecule has 9 heteroatoms. The van der Waals surface area contributed by atoms with Crippen molar-refractivity contribution in [2.45, 2.75) is 43.4 Å². The number of benzene rings is 2. The summed E-state index contributed by atoms with van der Waals surface area (Å²) in [7, 11) is -1.73. The minimum absolute atomic E-state index is 0. The van der Waals surface area contributed by atoms with Gasteiger partial charge in [0.15, 0.2) is 15.8 Å². The minimum atomic E-state index is -3.42. The van der Waals surface area contributed by atoms with Crippen molar-refractivity contribution < 1.29 is 17.5 Å². The molecule has 3 rings (SSSR count). The van der Waals surface area contributed by atoms with Gasteiger partial charge in [-0.2, -0.15) is 0 Å². The molecule has 32 heavy (non-hydrogen) atoms. The maximum atomic E-state index is 13.3. The third-order valence-corrected chi connectivity index (χ3v) is 7.19. The zero-order valence-corrected chi connectivity index (χ0v) is 21.7. The average Bonchev–Trinajstić information content (AvgIpc) is 2.77. The van der Waals surface area contributed by atoms with Crippen molar-refractivity contribution in [1.82, 2.24) is 10.2 Å². The maximum absolute atomic E-state index is 13.3. The summed E-state index contributed by atoms with van der Waals surface area (Å²) in [5.74, 6) is 0.332. The van der Waals surface area contributed by atoms with Gasteiger partial charge in [0.05, 0.1) is 23.3 Å². The van der Waals surface area contributed by atoms with Crippen molar-refractivity contribution in [1.29, 1.82) is 0 Å². The summed E-state index contributed by atoms with van der Waals surface area (Å²) in [5.41, 5.74) is 0.895. The lowest BCUT2D eigenvalue weighted by atomic mass is 10.1. The van der Waals surface area contributed by atoms with E-state index >= 15 is 0 Å². The van der Waals surface area contributed by atoms with E-state index in [4.69, 9.17) is 4.74 Å². The van der Waals surface area contributed by atoms with Crippen LogP contribution in [0, 0.1) is 5.82 Å². The summed E-state index contributed by atoms with van der Waals surface area (Å²) >= 11 is 0. The number of sulfone groups is 1. The van der Waals surface area contributed by atoms with Crippen molar-refractivity contribution in [3.63, 3.8) is 0 Å². The van der Waals surface area contributed by atoms with Gasteiger partial charge in [-0.3, -0.25) is 4.99 Å². The minimum Gasteiger partial charge on any atom is -0.367 e. The standard InChI is InChI=1S/C23H30FN3O3S.HI/c1-4-20(16-31(28,29)21-8-6-5-7-9-21)26-23(25-3)27-14-17(2)30-22(15-27)18-10-12-19(24)13-11-18;/h5-13,17,20,22H,4,14-16H2,1-3H3,(H,25,26);1H. The molecule has 1 saturated heterocycles. The molecule has 2 aromatic rings. The van der Waals surface area contributed by atoms with Gasteiger partial charge < -0.3 is 15.0 Å². The summed E-state index contributed by atoms with van der Waals surface area (Å²) < 4.78 is 45.0. The van der Waals surface area contributed by atoms with Gasteiger partial charge in [-0.1, -0.05) is 37.3 Å². The molecule has 0 saturated carbocycles. The van der Waals surface area contributed by atoms with E-state index in [1.54, 1.807) is 49.5 Å². The number of aliphatic imine (C=N–C) groups is 1. The smallest absolute Gasteiger partial charge is 0.194 e. The molecule has 6 nitrogen and oxygen atoms in total. The van der Waals surface area contributed by atoms with E-state index in [0.717, 1.165) is 5.56 Å². The van der Waals surface area contributed by atoms with E-state index in [-0.39, 0.29) is 53.8 Å². The number of rotatable bonds is 6. The first-order valence-corrected chi connectivity index (χ1v) is 12.1. The molecule has 0 aromatic heterocycles. The van der Waals surface area contributed by atoms with Gasteiger partial charge in [-0.15, -0.1) is 24.0 Å². The molecular weight excluding hydrogens is 544 g/mol. The van der Waals surface area contributed by atoms with Gasteiger partial charge in [-0.05, 0) is 43.2 Å². The Morgan fingerprint density at radius 2 is 1.84 bits per heavy atom. The van der Waals surface area contributed by atoms with Crippen LogP contribution in [0.3, 0.4) is 0 Å².